The van der Waals surface area contributed by atoms with Crippen LogP contribution < -0.4 is 10.9 Å². The highest BCUT2D eigenvalue weighted by Crippen LogP contribution is 2.12. The minimum atomic E-state index is -0.421. The number of aromatic nitrogens is 4. The van der Waals surface area contributed by atoms with Crippen LogP contribution >= 0.6 is 0 Å². The molecule has 0 atom stereocenters. The van der Waals surface area contributed by atoms with Crippen LogP contribution in [0.5, 0.6) is 0 Å². The highest BCUT2D eigenvalue weighted by atomic mass is 16.5. The van der Waals surface area contributed by atoms with E-state index in [9.17, 15) is 9.59 Å². The highest BCUT2D eigenvalue weighted by molar-refractivity contribution is 5.99. The first-order valence-electron chi connectivity index (χ1n) is 7.84. The van der Waals surface area contributed by atoms with Crippen molar-refractivity contribution in [1.29, 1.82) is 0 Å². The van der Waals surface area contributed by atoms with Crippen LogP contribution in [-0.4, -0.2) is 45.0 Å². The summed E-state index contributed by atoms with van der Waals surface area (Å²) >= 11 is 0. The van der Waals surface area contributed by atoms with Gasteiger partial charge in [0.15, 0.2) is 11.2 Å². The molecule has 2 aromatic heterocycles. The predicted octanol–water partition coefficient (Wildman–Crippen LogP) is 1.12. The summed E-state index contributed by atoms with van der Waals surface area (Å²) in [6.45, 7) is 4.91. The van der Waals surface area contributed by atoms with E-state index < -0.39 is 11.5 Å². The second-order valence-corrected chi connectivity index (χ2v) is 5.70. The van der Waals surface area contributed by atoms with E-state index in [1.54, 1.807) is 12.1 Å². The molecule has 0 aliphatic rings. The van der Waals surface area contributed by atoms with Crippen molar-refractivity contribution in [2.75, 3.05) is 13.2 Å². The molecule has 0 aliphatic carbocycles. The largest absolute Gasteiger partial charge is 0.379 e. The van der Waals surface area contributed by atoms with Gasteiger partial charge in [0.05, 0.1) is 17.1 Å². The summed E-state index contributed by atoms with van der Waals surface area (Å²) in [5.41, 5.74) is 1.09. The van der Waals surface area contributed by atoms with Crippen LogP contribution in [0.25, 0.3) is 16.6 Å². The third kappa shape index (κ3) is 3.13. The zero-order valence-corrected chi connectivity index (χ0v) is 13.6. The summed E-state index contributed by atoms with van der Waals surface area (Å²) in [7, 11) is 0. The van der Waals surface area contributed by atoms with Crippen molar-refractivity contribution in [2.45, 2.75) is 26.4 Å². The van der Waals surface area contributed by atoms with Gasteiger partial charge < -0.3 is 15.0 Å². The van der Waals surface area contributed by atoms with Crippen molar-refractivity contribution in [3.8, 4) is 0 Å². The molecule has 1 amide bonds. The first-order valence-corrected chi connectivity index (χ1v) is 7.84. The van der Waals surface area contributed by atoms with Gasteiger partial charge in [-0.2, -0.15) is 0 Å². The third-order valence-electron chi connectivity index (χ3n) is 3.54. The summed E-state index contributed by atoms with van der Waals surface area (Å²) < 4.78 is 6.81. The van der Waals surface area contributed by atoms with Crippen molar-refractivity contribution in [2.24, 2.45) is 0 Å². The number of carbonyl (C=O) groups is 1. The topological polar surface area (TPSA) is 101 Å². The number of fused-ring (bicyclic) bond motifs is 3. The predicted molar refractivity (Wildman–Crippen MR) is 89.2 cm³/mol. The second kappa shape index (κ2) is 6.79. The molecule has 3 rings (SSSR count). The van der Waals surface area contributed by atoms with Gasteiger partial charge >= 0.3 is 0 Å². The Morgan fingerprint density at radius 2 is 2.17 bits per heavy atom. The van der Waals surface area contributed by atoms with Crippen LogP contribution in [-0.2, 0) is 4.74 Å². The van der Waals surface area contributed by atoms with Crippen molar-refractivity contribution in [3.63, 3.8) is 0 Å². The monoisotopic (exact) mass is 329 g/mol. The Labute approximate surface area is 137 Å². The van der Waals surface area contributed by atoms with Gasteiger partial charge in [-0.25, -0.2) is 4.52 Å². The van der Waals surface area contributed by atoms with E-state index in [1.165, 1.54) is 4.52 Å². The van der Waals surface area contributed by atoms with E-state index in [-0.39, 0.29) is 17.3 Å². The number of hydrogen-bond donors (Lipinski definition) is 2. The van der Waals surface area contributed by atoms with Crippen molar-refractivity contribution < 1.29 is 9.53 Å². The number of ether oxygens (including phenoxy) is 1. The van der Waals surface area contributed by atoms with Gasteiger partial charge in [0.25, 0.3) is 11.5 Å². The van der Waals surface area contributed by atoms with Gasteiger partial charge in [-0.3, -0.25) is 9.59 Å². The van der Waals surface area contributed by atoms with Crippen LogP contribution in [0, 0.1) is 0 Å². The van der Waals surface area contributed by atoms with E-state index in [0.29, 0.717) is 30.6 Å². The number of benzene rings is 1. The quantitative estimate of drug-likeness (QED) is 0.660. The lowest BCUT2D eigenvalue weighted by Crippen LogP contribution is -2.27. The van der Waals surface area contributed by atoms with Gasteiger partial charge in [0, 0.05) is 13.2 Å². The minimum Gasteiger partial charge on any atom is -0.379 e. The molecule has 8 heteroatoms. The van der Waals surface area contributed by atoms with Gasteiger partial charge in [0.2, 0.25) is 0 Å². The molecule has 24 heavy (non-hydrogen) atoms. The summed E-state index contributed by atoms with van der Waals surface area (Å²) in [5, 5.41) is 10.6. The molecule has 2 N–H and O–H groups in total. The Morgan fingerprint density at radius 3 is 2.96 bits per heavy atom. The standard InChI is InChI=1S/C16H19N5O3/c1-10(2)24-9-5-8-17-15(22)13-14-16(23)18-11-6-3-4-7-12(11)21(14)20-19-13/h3-4,6-7,10H,5,8-9H2,1-2H3,(H,17,22)(H,18,23). The molecule has 0 spiro atoms. The van der Waals surface area contributed by atoms with E-state index in [4.69, 9.17) is 4.74 Å². The van der Waals surface area contributed by atoms with Crippen molar-refractivity contribution >= 4 is 22.5 Å². The normalized spacial score (nSPS) is 11.5. The lowest BCUT2D eigenvalue weighted by atomic mass is 10.3. The van der Waals surface area contributed by atoms with Crippen molar-refractivity contribution in [3.05, 3.63) is 40.3 Å². The third-order valence-corrected chi connectivity index (χ3v) is 3.54. The zero-order valence-electron chi connectivity index (χ0n) is 13.6. The Balaban J connectivity index is 1.81. The van der Waals surface area contributed by atoms with E-state index in [2.05, 4.69) is 20.6 Å². The smallest absolute Gasteiger partial charge is 0.277 e. The molecule has 2 heterocycles. The summed E-state index contributed by atoms with van der Waals surface area (Å²) in [5.74, 6) is -0.421. The first-order chi connectivity index (χ1) is 11.6. The molecule has 0 saturated heterocycles. The van der Waals surface area contributed by atoms with Crippen LogP contribution in [0.4, 0.5) is 0 Å². The number of amides is 1. The maximum absolute atomic E-state index is 12.3. The SMILES string of the molecule is CC(C)OCCCNC(=O)c1nnn2c1c(=O)[nH]c1ccccc12. The van der Waals surface area contributed by atoms with Gasteiger partial charge in [-0.05, 0) is 32.4 Å². The van der Waals surface area contributed by atoms with Gasteiger partial charge in [-0.1, -0.05) is 17.3 Å². The van der Waals surface area contributed by atoms with Crippen LogP contribution in [0.15, 0.2) is 29.1 Å². The molecule has 3 aromatic rings. The molecule has 0 aliphatic heterocycles. The molecule has 0 fully saturated rings. The minimum absolute atomic E-state index is 0.0202. The zero-order chi connectivity index (χ0) is 17.1. The average molecular weight is 329 g/mol. The van der Waals surface area contributed by atoms with E-state index >= 15 is 0 Å². The number of rotatable bonds is 6. The summed E-state index contributed by atoms with van der Waals surface area (Å²) in [6, 6.07) is 7.22. The molecule has 0 unspecified atom stereocenters. The molecular formula is C16H19N5O3. The Morgan fingerprint density at radius 1 is 1.38 bits per heavy atom. The van der Waals surface area contributed by atoms with Crippen LogP contribution in [0.2, 0.25) is 0 Å². The first kappa shape index (κ1) is 16.1. The Bertz CT molecular complexity index is 928. The van der Waals surface area contributed by atoms with E-state index in [1.807, 2.05) is 26.0 Å². The maximum Gasteiger partial charge on any atom is 0.277 e. The number of para-hydroxylation sites is 2. The highest BCUT2D eigenvalue weighted by Gasteiger charge is 2.19. The Hall–Kier alpha value is -2.74. The van der Waals surface area contributed by atoms with Gasteiger partial charge in [-0.15, -0.1) is 5.10 Å². The maximum atomic E-state index is 12.3. The lowest BCUT2D eigenvalue weighted by molar-refractivity contribution is 0.0756. The molecule has 1 aromatic carbocycles. The summed E-state index contributed by atoms with van der Waals surface area (Å²) in [4.78, 5) is 27.3. The Kier molecular flexibility index (Phi) is 4.57. The molecule has 0 saturated carbocycles. The second-order valence-electron chi connectivity index (χ2n) is 5.70. The molecule has 126 valence electrons. The lowest BCUT2D eigenvalue weighted by Gasteiger charge is -2.07. The molecule has 0 bridgehead atoms. The van der Waals surface area contributed by atoms with E-state index in [0.717, 1.165) is 0 Å². The fraction of sp³-hybridized carbons (Fsp3) is 0.375. The summed E-state index contributed by atoms with van der Waals surface area (Å²) in [6.07, 6.45) is 0.844. The number of aromatic amines is 1. The average Bonchev–Trinajstić information content (AvgIpc) is 3.00. The fourth-order valence-corrected chi connectivity index (χ4v) is 2.43. The number of hydrogen-bond acceptors (Lipinski definition) is 5. The van der Waals surface area contributed by atoms with Gasteiger partial charge in [0.1, 0.15) is 0 Å². The fourth-order valence-electron chi connectivity index (χ4n) is 2.43. The number of carbonyl (C=O) groups excluding carboxylic acids is 1. The molecule has 0 radical (unpaired) electrons. The van der Waals surface area contributed by atoms with Crippen LogP contribution in [0.3, 0.4) is 0 Å². The number of nitrogens with zero attached hydrogens (tertiary/aromatic N) is 3. The number of nitrogens with one attached hydrogen (secondary N) is 2. The van der Waals surface area contributed by atoms with Crippen molar-refractivity contribution in [1.82, 2.24) is 25.1 Å². The number of H-pyrrole nitrogens is 1. The molecular weight excluding hydrogens is 310 g/mol. The molecule has 8 nitrogen and oxygen atoms in total. The van der Waals surface area contributed by atoms with Crippen LogP contribution in [0.1, 0.15) is 30.8 Å².